The van der Waals surface area contributed by atoms with Crippen LogP contribution >= 0.6 is 22.9 Å². The highest BCUT2D eigenvalue weighted by atomic mass is 35.5. The number of thiophene rings is 1. The number of hydrogen-bond acceptors (Lipinski definition) is 7. The summed E-state index contributed by atoms with van der Waals surface area (Å²) in [7, 11) is -2.08. The number of halogens is 1. The van der Waals surface area contributed by atoms with Crippen molar-refractivity contribution in [2.45, 2.75) is 13.1 Å². The molecule has 1 amide bonds. The molecule has 154 valence electrons. The summed E-state index contributed by atoms with van der Waals surface area (Å²) >= 11 is 7.60. The molecule has 0 unspecified atom stereocenters. The van der Waals surface area contributed by atoms with Gasteiger partial charge in [0.25, 0.3) is 0 Å². The van der Waals surface area contributed by atoms with Gasteiger partial charge in [0.15, 0.2) is 0 Å². The van der Waals surface area contributed by atoms with Gasteiger partial charge in [0.2, 0.25) is 27.6 Å². The van der Waals surface area contributed by atoms with Gasteiger partial charge in [-0.2, -0.15) is 9.29 Å². The zero-order valence-electron chi connectivity index (χ0n) is 15.8. The third-order valence-corrected chi connectivity index (χ3v) is 6.52. The Morgan fingerprint density at radius 2 is 1.97 bits per heavy atom. The van der Waals surface area contributed by atoms with Crippen LogP contribution in [0.1, 0.15) is 11.5 Å². The topological polar surface area (TPSA) is 96.6 Å². The molecule has 0 saturated carbocycles. The molecule has 29 heavy (non-hydrogen) atoms. The molecule has 3 rings (SSSR count). The van der Waals surface area contributed by atoms with Gasteiger partial charge >= 0.3 is 0 Å². The first-order chi connectivity index (χ1) is 13.7. The molecule has 0 aliphatic rings. The summed E-state index contributed by atoms with van der Waals surface area (Å²) in [4.78, 5) is 19.1. The lowest BCUT2D eigenvalue weighted by Gasteiger charge is -2.23. The van der Waals surface area contributed by atoms with E-state index in [1.807, 2.05) is 17.5 Å². The summed E-state index contributed by atoms with van der Waals surface area (Å²) in [6.45, 7) is -0.255. The lowest BCUT2D eigenvalue weighted by Crippen LogP contribution is -2.40. The van der Waals surface area contributed by atoms with Crippen LogP contribution in [0.15, 0.2) is 46.3 Å². The Morgan fingerprint density at radius 1 is 1.21 bits per heavy atom. The van der Waals surface area contributed by atoms with Gasteiger partial charge in [0, 0.05) is 18.6 Å². The number of benzene rings is 1. The number of amides is 1. The van der Waals surface area contributed by atoms with E-state index in [4.69, 9.17) is 16.1 Å². The summed E-state index contributed by atoms with van der Waals surface area (Å²) in [6, 6.07) is 10.7. The van der Waals surface area contributed by atoms with Gasteiger partial charge in [-0.05, 0) is 23.1 Å². The van der Waals surface area contributed by atoms with Gasteiger partial charge in [0.1, 0.15) is 0 Å². The van der Waals surface area contributed by atoms with Crippen LogP contribution in [0.4, 0.5) is 0 Å². The second-order valence-corrected chi connectivity index (χ2v) is 9.70. The Bertz CT molecular complexity index is 1080. The highest BCUT2D eigenvalue weighted by Gasteiger charge is 2.24. The van der Waals surface area contributed by atoms with Gasteiger partial charge in [0.05, 0.1) is 24.2 Å². The van der Waals surface area contributed by atoms with Crippen LogP contribution in [0.3, 0.4) is 0 Å². The number of rotatable bonds is 8. The van der Waals surface area contributed by atoms with Crippen molar-refractivity contribution in [3.63, 3.8) is 0 Å². The summed E-state index contributed by atoms with van der Waals surface area (Å²) in [6.07, 6.45) is 1.06. The van der Waals surface area contributed by atoms with Crippen molar-refractivity contribution >= 4 is 38.9 Å². The Hall–Kier alpha value is -2.27. The lowest BCUT2D eigenvalue weighted by atomic mass is 10.2. The molecule has 2 heterocycles. The summed E-state index contributed by atoms with van der Waals surface area (Å²) in [5.74, 6) is 0.312. The fraction of sp³-hybridized carbons (Fsp3) is 0.278. The van der Waals surface area contributed by atoms with E-state index in [0.717, 1.165) is 15.4 Å². The van der Waals surface area contributed by atoms with Crippen molar-refractivity contribution in [3.8, 4) is 10.7 Å². The second kappa shape index (κ2) is 9.04. The predicted molar refractivity (Wildman–Crippen MR) is 111 cm³/mol. The molecule has 1 aromatic carbocycles. The first-order valence-electron chi connectivity index (χ1n) is 8.53. The third kappa shape index (κ3) is 5.63. The quantitative estimate of drug-likeness (QED) is 0.519. The van der Waals surface area contributed by atoms with E-state index in [9.17, 15) is 13.2 Å². The Balaban J connectivity index is 1.67. The number of carbonyl (C=O) groups is 1. The molecule has 3 aromatic rings. The molecular weight excluding hydrogens is 436 g/mol. The molecule has 0 N–H and O–H groups in total. The van der Waals surface area contributed by atoms with Gasteiger partial charge in [-0.3, -0.25) is 4.79 Å². The van der Waals surface area contributed by atoms with E-state index in [2.05, 4.69) is 10.1 Å². The number of aromatic nitrogens is 2. The number of sulfonamides is 1. The lowest BCUT2D eigenvalue weighted by molar-refractivity contribution is -0.131. The first kappa shape index (κ1) is 21.4. The Labute approximate surface area is 177 Å². The number of carbonyl (C=O) groups excluding carboxylic acids is 1. The van der Waals surface area contributed by atoms with Gasteiger partial charge in [-0.1, -0.05) is 41.0 Å². The molecule has 0 spiro atoms. The SMILES string of the molecule is CN(Cc1nc(-c2cccs2)no1)C(=O)CN(Cc1ccccc1Cl)S(C)(=O)=O. The molecule has 0 bridgehead atoms. The molecule has 11 heteroatoms. The minimum atomic E-state index is -3.63. The van der Waals surface area contributed by atoms with Crippen LogP contribution in [0.5, 0.6) is 0 Å². The number of hydrogen-bond donors (Lipinski definition) is 0. The normalized spacial score (nSPS) is 11.7. The van der Waals surface area contributed by atoms with Gasteiger partial charge in [-0.25, -0.2) is 8.42 Å². The van der Waals surface area contributed by atoms with Crippen molar-refractivity contribution in [1.29, 1.82) is 0 Å². The fourth-order valence-electron chi connectivity index (χ4n) is 2.49. The molecule has 0 radical (unpaired) electrons. The minimum Gasteiger partial charge on any atom is -0.337 e. The van der Waals surface area contributed by atoms with Crippen LogP contribution in [0.25, 0.3) is 10.7 Å². The monoisotopic (exact) mass is 454 g/mol. The van der Waals surface area contributed by atoms with Crippen molar-refractivity contribution < 1.29 is 17.7 Å². The van der Waals surface area contributed by atoms with Crippen LogP contribution in [0.2, 0.25) is 5.02 Å². The average Bonchev–Trinajstić information content (AvgIpc) is 3.33. The van der Waals surface area contributed by atoms with E-state index in [1.54, 1.807) is 31.3 Å². The van der Waals surface area contributed by atoms with Crippen molar-refractivity contribution in [1.82, 2.24) is 19.3 Å². The zero-order chi connectivity index (χ0) is 21.0. The van der Waals surface area contributed by atoms with Crippen LogP contribution in [0, 0.1) is 0 Å². The van der Waals surface area contributed by atoms with E-state index in [1.165, 1.54) is 16.2 Å². The zero-order valence-corrected chi connectivity index (χ0v) is 18.2. The van der Waals surface area contributed by atoms with Crippen LogP contribution < -0.4 is 0 Å². The van der Waals surface area contributed by atoms with Gasteiger partial charge < -0.3 is 9.42 Å². The smallest absolute Gasteiger partial charge is 0.246 e. The van der Waals surface area contributed by atoms with E-state index < -0.39 is 15.9 Å². The highest BCUT2D eigenvalue weighted by molar-refractivity contribution is 7.88. The largest absolute Gasteiger partial charge is 0.337 e. The minimum absolute atomic E-state index is 0.00116. The maximum atomic E-state index is 12.6. The second-order valence-electron chi connectivity index (χ2n) is 6.36. The van der Waals surface area contributed by atoms with E-state index >= 15 is 0 Å². The van der Waals surface area contributed by atoms with E-state index in [-0.39, 0.29) is 25.5 Å². The molecular formula is C18H19ClN4O4S2. The third-order valence-electron chi connectivity index (χ3n) is 4.09. The van der Waals surface area contributed by atoms with Crippen molar-refractivity contribution in [2.24, 2.45) is 0 Å². The highest BCUT2D eigenvalue weighted by Crippen LogP contribution is 2.22. The number of nitrogens with zero attached hydrogens (tertiary/aromatic N) is 4. The summed E-state index contributed by atoms with van der Waals surface area (Å²) in [5.41, 5.74) is 0.618. The fourth-order valence-corrected chi connectivity index (χ4v) is 4.06. The van der Waals surface area contributed by atoms with E-state index in [0.29, 0.717) is 16.4 Å². The molecule has 2 aromatic heterocycles. The predicted octanol–water partition coefficient (Wildman–Crippen LogP) is 2.87. The molecule has 0 atom stereocenters. The maximum absolute atomic E-state index is 12.6. The molecule has 8 nitrogen and oxygen atoms in total. The van der Waals surface area contributed by atoms with Crippen LogP contribution in [-0.2, 0) is 27.9 Å². The molecule has 0 saturated heterocycles. The standard InChI is InChI=1S/C18H19ClN4O4S2/c1-22(11-16-20-18(21-27-16)15-8-5-9-28-15)17(24)12-23(29(2,25)26)10-13-6-3-4-7-14(13)19/h3-9H,10-12H2,1-2H3. The van der Waals surface area contributed by atoms with Crippen molar-refractivity contribution in [3.05, 3.63) is 58.3 Å². The van der Waals surface area contributed by atoms with Crippen molar-refractivity contribution in [2.75, 3.05) is 19.8 Å². The number of likely N-dealkylation sites (N-methyl/N-ethyl adjacent to an activating group) is 1. The maximum Gasteiger partial charge on any atom is 0.246 e. The summed E-state index contributed by atoms with van der Waals surface area (Å²) < 4.78 is 30.6. The molecule has 0 aliphatic carbocycles. The Kier molecular flexibility index (Phi) is 6.68. The Morgan fingerprint density at radius 3 is 2.62 bits per heavy atom. The molecule has 0 aliphatic heterocycles. The molecule has 0 fully saturated rings. The van der Waals surface area contributed by atoms with Crippen LogP contribution in [-0.4, -0.2) is 53.5 Å². The summed E-state index contributed by atoms with van der Waals surface area (Å²) in [5, 5.41) is 6.24. The average molecular weight is 455 g/mol. The first-order valence-corrected chi connectivity index (χ1v) is 11.6. The van der Waals surface area contributed by atoms with Gasteiger partial charge in [-0.15, -0.1) is 11.3 Å².